The number of carbonyl (C=O) groups excluding carboxylic acids is 1. The molecular weight excluding hydrogens is 190 g/mol. The van der Waals surface area contributed by atoms with Crippen LogP contribution in [0.1, 0.15) is 0 Å². The molecule has 0 fully saturated rings. The highest BCUT2D eigenvalue weighted by molar-refractivity contribution is 5.82. The van der Waals surface area contributed by atoms with E-state index in [1.807, 2.05) is 0 Å². The van der Waals surface area contributed by atoms with Crippen LogP contribution in [0.3, 0.4) is 0 Å². The molecule has 0 aliphatic heterocycles. The molecule has 0 aromatic carbocycles. The summed E-state index contributed by atoms with van der Waals surface area (Å²) < 4.78 is 13.8. The summed E-state index contributed by atoms with van der Waals surface area (Å²) in [7, 11) is 2.60. The molecule has 0 aliphatic carbocycles. The lowest BCUT2D eigenvalue weighted by Gasteiger charge is -2.03. The number of ether oxygens (including phenoxy) is 2. The summed E-state index contributed by atoms with van der Waals surface area (Å²) in [5.41, 5.74) is -0.615. The van der Waals surface area contributed by atoms with Gasteiger partial charge in [0.1, 0.15) is 5.75 Å². The van der Waals surface area contributed by atoms with Crippen LogP contribution in [0, 0.1) is 0 Å². The highest BCUT2D eigenvalue weighted by atomic mass is 16.5. The lowest BCUT2D eigenvalue weighted by molar-refractivity contribution is 0.186. The molecular formula is C8H9NO5. The predicted octanol–water partition coefficient (Wildman–Crippen LogP) is 0.827. The Morgan fingerprint density at radius 1 is 1.43 bits per heavy atom. The molecule has 0 aliphatic rings. The fourth-order valence-corrected chi connectivity index (χ4v) is 0.785. The molecule has 1 heterocycles. The highest BCUT2D eigenvalue weighted by Gasteiger charge is 2.05. The van der Waals surface area contributed by atoms with Crippen LogP contribution in [0.2, 0.25) is 0 Å². The number of methoxy groups -OCH3 is 2. The summed E-state index contributed by atoms with van der Waals surface area (Å²) in [5.74, 6) is 0.272. The molecule has 1 amide bonds. The third-order valence-electron chi connectivity index (χ3n) is 1.39. The monoisotopic (exact) mass is 199 g/mol. The Hall–Kier alpha value is -1.98. The highest BCUT2D eigenvalue weighted by Crippen LogP contribution is 2.13. The van der Waals surface area contributed by atoms with Crippen LogP contribution in [0.25, 0.3) is 0 Å². The summed E-state index contributed by atoms with van der Waals surface area (Å²) in [4.78, 5) is 21.7. The van der Waals surface area contributed by atoms with Gasteiger partial charge < -0.3 is 13.9 Å². The molecule has 0 spiro atoms. The average molecular weight is 199 g/mol. The van der Waals surface area contributed by atoms with Crippen molar-refractivity contribution in [2.45, 2.75) is 0 Å². The van der Waals surface area contributed by atoms with Crippen molar-refractivity contribution in [2.24, 2.45) is 0 Å². The quantitative estimate of drug-likeness (QED) is 0.763. The van der Waals surface area contributed by atoms with E-state index in [2.05, 4.69) is 14.5 Å². The van der Waals surface area contributed by atoms with Gasteiger partial charge in [0.2, 0.25) is 5.88 Å². The fraction of sp³-hybridized carbons (Fsp3) is 0.250. The number of carbonyl (C=O) groups is 1. The Labute approximate surface area is 79.4 Å². The summed E-state index contributed by atoms with van der Waals surface area (Å²) in [6.45, 7) is 0. The Morgan fingerprint density at radius 3 is 2.71 bits per heavy atom. The Morgan fingerprint density at radius 2 is 2.14 bits per heavy atom. The van der Waals surface area contributed by atoms with Gasteiger partial charge in [0.15, 0.2) is 0 Å². The number of hydrogen-bond donors (Lipinski definition) is 1. The molecule has 1 aromatic rings. The first-order chi connectivity index (χ1) is 6.65. The number of nitrogens with one attached hydrogen (secondary N) is 1. The zero-order chi connectivity index (χ0) is 10.6. The minimum absolute atomic E-state index is 0.0267. The van der Waals surface area contributed by atoms with Gasteiger partial charge in [0.25, 0.3) is 0 Å². The number of anilines is 1. The summed E-state index contributed by atoms with van der Waals surface area (Å²) >= 11 is 0. The maximum Gasteiger partial charge on any atom is 0.413 e. The predicted molar refractivity (Wildman–Crippen MR) is 47.6 cm³/mol. The Bertz CT molecular complexity index is 384. The Kier molecular flexibility index (Phi) is 3.11. The van der Waals surface area contributed by atoms with Gasteiger partial charge in [-0.1, -0.05) is 0 Å². The molecule has 0 atom stereocenters. The van der Waals surface area contributed by atoms with Crippen LogP contribution in [0.5, 0.6) is 5.75 Å². The molecule has 0 bridgehead atoms. The normalized spacial score (nSPS) is 9.29. The maximum atomic E-state index is 10.9. The molecule has 1 aromatic heterocycles. The van der Waals surface area contributed by atoms with Crippen LogP contribution >= 0.6 is 0 Å². The van der Waals surface area contributed by atoms with E-state index < -0.39 is 11.7 Å². The number of rotatable bonds is 2. The molecule has 14 heavy (non-hydrogen) atoms. The van der Waals surface area contributed by atoms with Crippen molar-refractivity contribution in [3.8, 4) is 5.75 Å². The molecule has 0 saturated carbocycles. The van der Waals surface area contributed by atoms with E-state index in [4.69, 9.17) is 4.74 Å². The van der Waals surface area contributed by atoms with Crippen molar-refractivity contribution < 1.29 is 18.7 Å². The van der Waals surface area contributed by atoms with Crippen molar-refractivity contribution in [1.29, 1.82) is 0 Å². The minimum atomic E-state index is -0.721. The molecule has 0 radical (unpaired) electrons. The van der Waals surface area contributed by atoms with E-state index in [-0.39, 0.29) is 5.88 Å². The van der Waals surface area contributed by atoms with Crippen LogP contribution in [-0.2, 0) is 4.74 Å². The van der Waals surface area contributed by atoms with Gasteiger partial charge in [-0.15, -0.1) is 0 Å². The smallest absolute Gasteiger partial charge is 0.413 e. The molecule has 1 rings (SSSR count). The van der Waals surface area contributed by atoms with E-state index in [1.54, 1.807) is 0 Å². The third-order valence-corrected chi connectivity index (χ3v) is 1.39. The van der Waals surface area contributed by atoms with Gasteiger partial charge >= 0.3 is 11.7 Å². The fourth-order valence-electron chi connectivity index (χ4n) is 0.785. The van der Waals surface area contributed by atoms with E-state index in [0.29, 0.717) is 5.75 Å². The standard InChI is InChI=1S/C8H9NO5/c1-12-5-3-6(9-8(11)13-2)14-7(10)4-5/h3-4H,1-2H3,(H,9,11). The van der Waals surface area contributed by atoms with Crippen molar-refractivity contribution in [3.05, 3.63) is 22.6 Å². The number of amides is 1. The zero-order valence-electron chi connectivity index (χ0n) is 7.70. The van der Waals surface area contributed by atoms with Gasteiger partial charge in [-0.3, -0.25) is 5.32 Å². The van der Waals surface area contributed by atoms with Crippen molar-refractivity contribution in [3.63, 3.8) is 0 Å². The SMILES string of the molecule is COC(=O)Nc1cc(OC)cc(=O)o1. The van der Waals surface area contributed by atoms with Gasteiger partial charge in [-0.05, 0) is 0 Å². The van der Waals surface area contributed by atoms with Gasteiger partial charge in [0.05, 0.1) is 20.3 Å². The van der Waals surface area contributed by atoms with Crippen LogP contribution in [0.4, 0.5) is 10.7 Å². The van der Waals surface area contributed by atoms with Crippen molar-refractivity contribution >= 4 is 12.0 Å². The van der Waals surface area contributed by atoms with Gasteiger partial charge in [-0.2, -0.15) is 0 Å². The Balaban J connectivity index is 2.92. The maximum absolute atomic E-state index is 10.9. The second kappa shape index (κ2) is 4.31. The molecule has 76 valence electrons. The first-order valence-corrected chi connectivity index (χ1v) is 3.70. The topological polar surface area (TPSA) is 77.8 Å². The summed E-state index contributed by atoms with van der Waals surface area (Å²) in [5, 5.41) is 2.20. The molecule has 1 N–H and O–H groups in total. The van der Waals surface area contributed by atoms with E-state index >= 15 is 0 Å². The van der Waals surface area contributed by atoms with Gasteiger partial charge in [0, 0.05) is 6.07 Å². The van der Waals surface area contributed by atoms with Gasteiger partial charge in [-0.25, -0.2) is 9.59 Å². The lowest BCUT2D eigenvalue weighted by Crippen LogP contribution is -2.12. The van der Waals surface area contributed by atoms with Crippen LogP contribution in [-0.4, -0.2) is 20.3 Å². The largest absolute Gasteiger partial charge is 0.496 e. The zero-order valence-corrected chi connectivity index (χ0v) is 7.70. The van der Waals surface area contributed by atoms with E-state index in [0.717, 1.165) is 6.07 Å². The molecule has 6 nitrogen and oxygen atoms in total. The average Bonchev–Trinajstić information content (AvgIpc) is 2.16. The first kappa shape index (κ1) is 10.1. The molecule has 0 saturated heterocycles. The third kappa shape index (κ3) is 2.51. The second-order valence-corrected chi connectivity index (χ2v) is 2.30. The molecule has 0 unspecified atom stereocenters. The van der Waals surface area contributed by atoms with Crippen molar-refractivity contribution in [2.75, 3.05) is 19.5 Å². The van der Waals surface area contributed by atoms with Crippen molar-refractivity contribution in [1.82, 2.24) is 0 Å². The van der Waals surface area contributed by atoms with Crippen LogP contribution in [0.15, 0.2) is 21.3 Å². The first-order valence-electron chi connectivity index (χ1n) is 3.70. The van der Waals surface area contributed by atoms with E-state index in [1.165, 1.54) is 20.3 Å². The summed E-state index contributed by atoms with van der Waals surface area (Å²) in [6.07, 6.45) is -0.721. The van der Waals surface area contributed by atoms with Crippen LogP contribution < -0.4 is 15.7 Å². The molecule has 6 heteroatoms. The lowest BCUT2D eigenvalue weighted by atomic mass is 10.4. The summed E-state index contributed by atoms with van der Waals surface area (Å²) in [6, 6.07) is 2.51. The second-order valence-electron chi connectivity index (χ2n) is 2.30. The minimum Gasteiger partial charge on any atom is -0.496 e. The number of hydrogen-bond acceptors (Lipinski definition) is 5. The van der Waals surface area contributed by atoms with E-state index in [9.17, 15) is 9.59 Å².